The maximum Gasteiger partial charge on any atom is 0.335 e. The zero-order chi connectivity index (χ0) is 15.1. The van der Waals surface area contributed by atoms with E-state index < -0.39 is 5.97 Å². The maximum absolute atomic E-state index is 10.7. The highest BCUT2D eigenvalue weighted by Gasteiger charge is 2.02. The van der Waals surface area contributed by atoms with Gasteiger partial charge >= 0.3 is 5.97 Å². The average Bonchev–Trinajstić information content (AvgIpc) is 2.49. The molecule has 0 unspecified atom stereocenters. The van der Waals surface area contributed by atoms with Crippen molar-refractivity contribution in [1.82, 2.24) is 0 Å². The first-order valence-corrected chi connectivity index (χ1v) is 7.90. The summed E-state index contributed by atoms with van der Waals surface area (Å²) in [4.78, 5) is 10.7. The monoisotopic (exact) mass is 302 g/mol. The zero-order valence-corrected chi connectivity index (χ0v) is 12.7. The van der Waals surface area contributed by atoms with Crippen LogP contribution in [-0.4, -0.2) is 23.4 Å². The lowest BCUT2D eigenvalue weighted by molar-refractivity contribution is 0.0697. The second-order valence-corrected chi connectivity index (χ2v) is 5.76. The molecule has 0 aliphatic heterocycles. The molecular weight excluding hydrogens is 284 g/mol. The number of hydrogen-bond acceptors (Lipinski definition) is 3. The number of carboxylic acids is 1. The minimum Gasteiger partial charge on any atom is -0.493 e. The summed E-state index contributed by atoms with van der Waals surface area (Å²) in [5.74, 6) is 1.66. The van der Waals surface area contributed by atoms with Crippen molar-refractivity contribution in [2.45, 2.75) is 12.7 Å². The molecule has 0 fully saturated rings. The van der Waals surface area contributed by atoms with E-state index in [4.69, 9.17) is 9.84 Å². The summed E-state index contributed by atoms with van der Waals surface area (Å²) in [5, 5.41) is 8.81. The highest BCUT2D eigenvalue weighted by Crippen LogP contribution is 2.17. The quantitative estimate of drug-likeness (QED) is 0.785. The van der Waals surface area contributed by atoms with Crippen LogP contribution >= 0.6 is 11.8 Å². The number of hydrogen-bond donors (Lipinski definition) is 1. The number of ether oxygens (including phenoxy) is 1. The van der Waals surface area contributed by atoms with Crippen molar-refractivity contribution in [2.75, 3.05) is 12.4 Å². The van der Waals surface area contributed by atoms with Gasteiger partial charge in [0, 0.05) is 11.5 Å². The molecule has 0 heterocycles. The highest BCUT2D eigenvalue weighted by molar-refractivity contribution is 7.98. The first kappa shape index (κ1) is 15.4. The largest absolute Gasteiger partial charge is 0.493 e. The first-order chi connectivity index (χ1) is 10.2. The molecule has 0 saturated heterocycles. The normalized spacial score (nSPS) is 10.3. The minimum absolute atomic E-state index is 0.274. The number of aromatic carboxylic acids is 1. The van der Waals surface area contributed by atoms with E-state index in [2.05, 4.69) is 25.1 Å². The lowest BCUT2D eigenvalue weighted by atomic mass is 10.1. The second-order valence-electron chi connectivity index (χ2n) is 4.66. The molecule has 21 heavy (non-hydrogen) atoms. The van der Waals surface area contributed by atoms with Crippen LogP contribution in [-0.2, 0) is 5.75 Å². The van der Waals surface area contributed by atoms with Gasteiger partial charge in [-0.2, -0.15) is 11.8 Å². The predicted molar refractivity (Wildman–Crippen MR) is 86.2 cm³/mol. The van der Waals surface area contributed by atoms with Crippen molar-refractivity contribution >= 4 is 17.7 Å². The van der Waals surface area contributed by atoms with Crippen LogP contribution in [0.1, 0.15) is 21.5 Å². The smallest absolute Gasteiger partial charge is 0.335 e. The highest BCUT2D eigenvalue weighted by atomic mass is 32.2. The number of rotatable bonds is 7. The summed E-state index contributed by atoms with van der Waals surface area (Å²) >= 11 is 1.83. The van der Waals surface area contributed by atoms with Crippen LogP contribution in [0.3, 0.4) is 0 Å². The van der Waals surface area contributed by atoms with E-state index >= 15 is 0 Å². The van der Waals surface area contributed by atoms with Gasteiger partial charge in [-0.05, 0) is 42.3 Å². The summed E-state index contributed by atoms with van der Waals surface area (Å²) in [6.45, 7) is 2.74. The Hall–Kier alpha value is -1.94. The second kappa shape index (κ2) is 7.74. The Balaban J connectivity index is 1.70. The van der Waals surface area contributed by atoms with Crippen LogP contribution in [0.5, 0.6) is 5.75 Å². The molecule has 0 spiro atoms. The van der Waals surface area contributed by atoms with Gasteiger partial charge in [0.1, 0.15) is 5.75 Å². The van der Waals surface area contributed by atoms with Gasteiger partial charge < -0.3 is 9.84 Å². The molecule has 0 atom stereocenters. The van der Waals surface area contributed by atoms with Crippen molar-refractivity contribution in [3.05, 3.63) is 65.2 Å². The average molecular weight is 302 g/mol. The number of thioether (sulfide) groups is 1. The van der Waals surface area contributed by atoms with Gasteiger partial charge in [0.05, 0.1) is 12.2 Å². The SMILES string of the molecule is Cc1ccccc1CSCCOc1ccc(C(=O)O)cc1. The third-order valence-corrected chi connectivity index (χ3v) is 4.09. The topological polar surface area (TPSA) is 46.5 Å². The van der Waals surface area contributed by atoms with Crippen LogP contribution in [0.4, 0.5) is 0 Å². The summed E-state index contributed by atoms with van der Waals surface area (Å²) in [6.07, 6.45) is 0. The minimum atomic E-state index is -0.921. The van der Waals surface area contributed by atoms with E-state index in [9.17, 15) is 4.79 Å². The van der Waals surface area contributed by atoms with E-state index in [0.717, 1.165) is 11.5 Å². The zero-order valence-electron chi connectivity index (χ0n) is 11.9. The van der Waals surface area contributed by atoms with Crippen molar-refractivity contribution in [3.63, 3.8) is 0 Å². The lowest BCUT2D eigenvalue weighted by Gasteiger charge is -2.07. The van der Waals surface area contributed by atoms with Crippen LogP contribution in [0.15, 0.2) is 48.5 Å². The molecule has 2 aromatic carbocycles. The van der Waals surface area contributed by atoms with Crippen molar-refractivity contribution in [2.24, 2.45) is 0 Å². The van der Waals surface area contributed by atoms with Gasteiger partial charge in [-0.15, -0.1) is 0 Å². The van der Waals surface area contributed by atoms with Crippen LogP contribution < -0.4 is 4.74 Å². The molecule has 4 heteroatoms. The molecule has 2 rings (SSSR count). The fraction of sp³-hybridized carbons (Fsp3) is 0.235. The van der Waals surface area contributed by atoms with Crippen molar-refractivity contribution in [1.29, 1.82) is 0 Å². The summed E-state index contributed by atoms with van der Waals surface area (Å²) in [6, 6.07) is 14.9. The standard InChI is InChI=1S/C17H18O3S/c1-13-4-2-3-5-15(13)12-21-11-10-20-16-8-6-14(7-9-16)17(18)19/h2-9H,10-12H2,1H3,(H,18,19). The molecular formula is C17H18O3S. The number of carbonyl (C=O) groups is 1. The maximum atomic E-state index is 10.7. The summed E-state index contributed by atoms with van der Waals surface area (Å²) in [5.41, 5.74) is 2.94. The number of aryl methyl sites for hydroxylation is 1. The molecule has 3 nitrogen and oxygen atoms in total. The third-order valence-electron chi connectivity index (χ3n) is 3.12. The molecule has 0 saturated carbocycles. The molecule has 0 aromatic heterocycles. The molecule has 110 valence electrons. The summed E-state index contributed by atoms with van der Waals surface area (Å²) < 4.78 is 5.60. The van der Waals surface area contributed by atoms with Crippen molar-refractivity contribution < 1.29 is 14.6 Å². The van der Waals surface area contributed by atoms with Crippen LogP contribution in [0.25, 0.3) is 0 Å². The molecule has 0 amide bonds. The predicted octanol–water partition coefficient (Wildman–Crippen LogP) is 4.01. The van der Waals surface area contributed by atoms with Crippen LogP contribution in [0.2, 0.25) is 0 Å². The molecule has 2 aromatic rings. The van der Waals surface area contributed by atoms with E-state index in [1.54, 1.807) is 24.3 Å². The molecule has 0 radical (unpaired) electrons. The fourth-order valence-corrected chi connectivity index (χ4v) is 2.76. The van der Waals surface area contributed by atoms with Crippen molar-refractivity contribution in [3.8, 4) is 5.75 Å². The first-order valence-electron chi connectivity index (χ1n) is 6.75. The number of carboxylic acid groups (broad SMARTS) is 1. The van der Waals surface area contributed by atoms with Gasteiger partial charge in [0.25, 0.3) is 0 Å². The Morgan fingerprint density at radius 1 is 1.14 bits per heavy atom. The molecule has 0 aliphatic carbocycles. The van der Waals surface area contributed by atoms with E-state index in [1.807, 2.05) is 17.8 Å². The Kier molecular flexibility index (Phi) is 5.69. The fourth-order valence-electron chi connectivity index (χ4n) is 1.87. The Labute approximate surface area is 129 Å². The van der Waals surface area contributed by atoms with Crippen LogP contribution in [0, 0.1) is 6.92 Å². The van der Waals surface area contributed by atoms with Gasteiger partial charge in [-0.25, -0.2) is 4.79 Å². The summed E-state index contributed by atoms with van der Waals surface area (Å²) in [7, 11) is 0. The molecule has 0 aliphatic rings. The Morgan fingerprint density at radius 2 is 1.86 bits per heavy atom. The van der Waals surface area contributed by atoms with E-state index in [-0.39, 0.29) is 5.56 Å². The van der Waals surface area contributed by atoms with E-state index in [0.29, 0.717) is 12.4 Å². The molecule has 1 N–H and O–H groups in total. The number of benzene rings is 2. The van der Waals surface area contributed by atoms with Gasteiger partial charge in [-0.1, -0.05) is 24.3 Å². The van der Waals surface area contributed by atoms with Gasteiger partial charge in [0.2, 0.25) is 0 Å². The van der Waals surface area contributed by atoms with E-state index in [1.165, 1.54) is 11.1 Å². The lowest BCUT2D eigenvalue weighted by Crippen LogP contribution is -2.01. The van der Waals surface area contributed by atoms with Gasteiger partial charge in [-0.3, -0.25) is 0 Å². The third kappa shape index (κ3) is 4.83. The Bertz CT molecular complexity index is 593. The molecule has 0 bridgehead atoms. The van der Waals surface area contributed by atoms with Gasteiger partial charge in [0.15, 0.2) is 0 Å². The Morgan fingerprint density at radius 3 is 2.52 bits per heavy atom.